The summed E-state index contributed by atoms with van der Waals surface area (Å²) in [6.07, 6.45) is 14.1. The molecule has 184 valence electrons. The summed E-state index contributed by atoms with van der Waals surface area (Å²) < 4.78 is 46.6. The topological polar surface area (TPSA) is 111 Å². The summed E-state index contributed by atoms with van der Waals surface area (Å²) in [5.41, 5.74) is -1.56. The summed E-state index contributed by atoms with van der Waals surface area (Å²) >= 11 is 0. The van der Waals surface area contributed by atoms with Crippen LogP contribution in [0.1, 0.15) is 64.6 Å². The minimum atomic E-state index is -3.18. The molecule has 0 bridgehead atoms. The molecule has 1 aliphatic carbocycles. The predicted molar refractivity (Wildman–Crippen MR) is 121 cm³/mol. The van der Waals surface area contributed by atoms with Crippen LogP contribution < -0.4 is 4.90 Å². The van der Waals surface area contributed by atoms with E-state index in [4.69, 9.17) is 9.26 Å². The van der Waals surface area contributed by atoms with Gasteiger partial charge < -0.3 is 14.2 Å². The number of nitrogens with zero attached hydrogens (tertiary/aromatic N) is 5. The smallest absolute Gasteiger partial charge is 0.324 e. The molecule has 11 heteroatoms. The van der Waals surface area contributed by atoms with E-state index in [0.717, 1.165) is 38.8 Å². The molecule has 0 atom stereocenters. The first kappa shape index (κ1) is 25.5. The molecule has 0 aromatic carbocycles. The van der Waals surface area contributed by atoms with Crippen molar-refractivity contribution in [3.05, 3.63) is 24.4 Å². The van der Waals surface area contributed by atoms with Crippen molar-refractivity contribution in [3.8, 4) is 0 Å². The highest BCUT2D eigenvalue weighted by atomic mass is 32.2. The number of rotatable bonds is 6. The number of hydrogen-bond acceptors (Lipinski definition) is 9. The van der Waals surface area contributed by atoms with Gasteiger partial charge in [-0.15, -0.1) is 0 Å². The van der Waals surface area contributed by atoms with Crippen LogP contribution in [0.3, 0.4) is 0 Å². The Bertz CT molecular complexity index is 951. The monoisotopic (exact) mass is 483 g/mol. The average molecular weight is 484 g/mol. The fraction of sp³-hybridized carbons (Fsp3) is 0.727. The van der Waals surface area contributed by atoms with Crippen molar-refractivity contribution in [1.29, 1.82) is 0 Å². The van der Waals surface area contributed by atoms with Crippen LogP contribution in [0.25, 0.3) is 0 Å². The van der Waals surface area contributed by atoms with Crippen molar-refractivity contribution in [1.82, 2.24) is 20.1 Å². The van der Waals surface area contributed by atoms with Crippen LogP contribution >= 0.6 is 0 Å². The first-order valence-corrected chi connectivity index (χ1v) is 13.4. The van der Waals surface area contributed by atoms with Crippen molar-refractivity contribution in [2.24, 2.45) is 5.92 Å². The van der Waals surface area contributed by atoms with Crippen LogP contribution in [0.5, 0.6) is 0 Å². The Morgan fingerprint density at radius 2 is 1.85 bits per heavy atom. The molecule has 1 saturated carbocycles. The van der Waals surface area contributed by atoms with Gasteiger partial charge in [0.2, 0.25) is 5.82 Å². The quantitative estimate of drug-likeness (QED) is 0.607. The van der Waals surface area contributed by atoms with Gasteiger partial charge >= 0.3 is 6.01 Å². The average Bonchev–Trinajstić information content (AvgIpc) is 3.30. The summed E-state index contributed by atoms with van der Waals surface area (Å²) in [4.78, 5) is 13.5. The van der Waals surface area contributed by atoms with Crippen molar-refractivity contribution in [3.63, 3.8) is 0 Å². The highest BCUT2D eigenvalue weighted by Crippen LogP contribution is 2.27. The van der Waals surface area contributed by atoms with E-state index in [1.54, 1.807) is 0 Å². The highest BCUT2D eigenvalue weighted by molar-refractivity contribution is 7.90. The van der Waals surface area contributed by atoms with Gasteiger partial charge in [0.1, 0.15) is 0 Å². The molecule has 2 aliphatic rings. The molecule has 0 radical (unpaired) electrons. The van der Waals surface area contributed by atoms with Gasteiger partial charge in [0.05, 0.1) is 12.3 Å². The maximum absolute atomic E-state index is 13.8. The van der Waals surface area contributed by atoms with E-state index in [2.05, 4.69) is 25.0 Å². The molecule has 0 unspecified atom stereocenters. The third kappa shape index (κ3) is 7.99. The number of sulfone groups is 1. The Kier molecular flexibility index (Phi) is 8.75. The van der Waals surface area contributed by atoms with Gasteiger partial charge in [-0.3, -0.25) is 4.98 Å². The SMILES string of the molecule is CC(C)(F)c1noc(N2CCC(COC3CCCCC3)CC2)n1.CS(=O)(=O)c1cnccn1. The van der Waals surface area contributed by atoms with E-state index in [-0.39, 0.29) is 10.9 Å². The number of halogens is 1. The largest absolute Gasteiger partial charge is 0.378 e. The molecule has 0 amide bonds. The highest BCUT2D eigenvalue weighted by Gasteiger charge is 2.29. The molecule has 1 aliphatic heterocycles. The summed E-state index contributed by atoms with van der Waals surface area (Å²) in [6.45, 7) is 5.48. The van der Waals surface area contributed by atoms with E-state index >= 15 is 0 Å². The number of aromatic nitrogens is 4. The second kappa shape index (κ2) is 11.3. The molecular weight excluding hydrogens is 449 g/mol. The van der Waals surface area contributed by atoms with Crippen LogP contribution in [-0.4, -0.2) is 60.6 Å². The zero-order valence-electron chi connectivity index (χ0n) is 19.6. The van der Waals surface area contributed by atoms with E-state index in [1.165, 1.54) is 64.5 Å². The lowest BCUT2D eigenvalue weighted by Crippen LogP contribution is -2.36. The second-order valence-electron chi connectivity index (χ2n) is 9.21. The van der Waals surface area contributed by atoms with E-state index in [9.17, 15) is 12.8 Å². The Hall–Kier alpha value is -2.14. The fourth-order valence-corrected chi connectivity index (χ4v) is 4.36. The Morgan fingerprint density at radius 1 is 1.15 bits per heavy atom. The third-order valence-corrected chi connectivity index (χ3v) is 6.84. The van der Waals surface area contributed by atoms with Gasteiger partial charge in [-0.1, -0.05) is 24.4 Å². The first-order chi connectivity index (χ1) is 15.6. The molecule has 9 nitrogen and oxygen atoms in total. The molecule has 0 N–H and O–H groups in total. The lowest BCUT2D eigenvalue weighted by molar-refractivity contribution is 0.00342. The molecule has 0 spiro atoms. The number of anilines is 1. The molecule has 1 saturated heterocycles. The lowest BCUT2D eigenvalue weighted by atomic mass is 9.96. The molecule has 2 aromatic heterocycles. The van der Waals surface area contributed by atoms with Crippen LogP contribution in [0.4, 0.5) is 10.4 Å². The summed E-state index contributed by atoms with van der Waals surface area (Å²) in [7, 11) is -3.18. The zero-order chi connectivity index (χ0) is 23.9. The van der Waals surface area contributed by atoms with Gasteiger partial charge in [0.25, 0.3) is 0 Å². The maximum atomic E-state index is 13.8. The zero-order valence-corrected chi connectivity index (χ0v) is 20.4. The minimum Gasteiger partial charge on any atom is -0.378 e. The van der Waals surface area contributed by atoms with Gasteiger partial charge in [0.15, 0.2) is 20.5 Å². The standard InChI is InChI=1S/C17H28FN3O2.C5H6N2O2S/c1-17(2,18)15-19-16(23-20-15)21-10-8-13(9-11-21)12-22-14-6-4-3-5-7-14;1-10(8,9)5-4-6-2-3-7-5/h13-14H,3-12H2,1-2H3;2-4H,1H3. The van der Waals surface area contributed by atoms with Crippen LogP contribution in [0, 0.1) is 5.92 Å². The molecular formula is C22H34FN5O4S. The van der Waals surface area contributed by atoms with E-state index in [0.29, 0.717) is 18.0 Å². The maximum Gasteiger partial charge on any atom is 0.324 e. The third-order valence-electron chi connectivity index (χ3n) is 5.87. The van der Waals surface area contributed by atoms with Gasteiger partial charge in [-0.05, 0) is 45.4 Å². The molecule has 4 rings (SSSR count). The Balaban J connectivity index is 0.000000257. The predicted octanol–water partition coefficient (Wildman–Crippen LogP) is 3.72. The Labute approximate surface area is 195 Å². The number of alkyl halides is 1. The fourth-order valence-electron chi connectivity index (χ4n) is 3.86. The van der Waals surface area contributed by atoms with Gasteiger partial charge in [-0.25, -0.2) is 17.8 Å². The van der Waals surface area contributed by atoms with Gasteiger partial charge in [-0.2, -0.15) is 4.98 Å². The molecule has 3 heterocycles. The number of ether oxygens (including phenoxy) is 1. The minimum absolute atomic E-state index is 0.00926. The van der Waals surface area contributed by atoms with Crippen LogP contribution in [-0.2, 0) is 20.2 Å². The first-order valence-electron chi connectivity index (χ1n) is 11.5. The molecule has 33 heavy (non-hydrogen) atoms. The molecule has 2 fully saturated rings. The normalized spacial score (nSPS) is 18.6. The van der Waals surface area contributed by atoms with E-state index in [1.807, 2.05) is 0 Å². The van der Waals surface area contributed by atoms with Crippen molar-refractivity contribution >= 4 is 15.9 Å². The summed E-state index contributed by atoms with van der Waals surface area (Å²) in [5, 5.41) is 3.76. The van der Waals surface area contributed by atoms with E-state index < -0.39 is 15.5 Å². The van der Waals surface area contributed by atoms with Crippen LogP contribution in [0.15, 0.2) is 28.1 Å². The van der Waals surface area contributed by atoms with Crippen molar-refractivity contribution < 1.29 is 22.1 Å². The Morgan fingerprint density at radius 3 is 2.36 bits per heavy atom. The van der Waals surface area contributed by atoms with Crippen molar-refractivity contribution in [2.45, 2.75) is 75.6 Å². The number of hydrogen-bond donors (Lipinski definition) is 0. The second-order valence-corrected chi connectivity index (χ2v) is 11.2. The number of piperidine rings is 1. The molecule has 2 aromatic rings. The van der Waals surface area contributed by atoms with Crippen molar-refractivity contribution in [2.75, 3.05) is 30.9 Å². The summed E-state index contributed by atoms with van der Waals surface area (Å²) in [6, 6.07) is 0.442. The summed E-state index contributed by atoms with van der Waals surface area (Å²) in [5.74, 6) is 0.725. The van der Waals surface area contributed by atoms with Crippen LogP contribution in [0.2, 0.25) is 0 Å². The van der Waals surface area contributed by atoms with Gasteiger partial charge in [0, 0.05) is 38.3 Å². The lowest BCUT2D eigenvalue weighted by Gasteiger charge is -2.32.